The minimum atomic E-state index is -0.223. The number of hydrogen-bond acceptors (Lipinski definition) is 2. The number of rotatable bonds is 4. The largest absolute Gasteiger partial charge is 0.455 e. The quantitative estimate of drug-likeness (QED) is 0.181. The lowest BCUT2D eigenvalue weighted by Crippen LogP contribution is -2.17. The maximum atomic E-state index is 6.96. The molecule has 0 fully saturated rings. The number of nitrogens with zero attached hydrogens (tertiary/aromatic N) is 2. The minimum Gasteiger partial charge on any atom is -0.455 e. The van der Waals surface area contributed by atoms with Gasteiger partial charge < -0.3 is 13.9 Å². The van der Waals surface area contributed by atoms with E-state index in [0.29, 0.717) is 0 Å². The fourth-order valence-corrected chi connectivity index (χ4v) is 9.71. The van der Waals surface area contributed by atoms with E-state index in [0.717, 1.165) is 39.0 Å². The molecule has 11 aromatic rings. The Kier molecular flexibility index (Phi) is 6.40. The Labute approximate surface area is 324 Å². The highest BCUT2D eigenvalue weighted by Gasteiger charge is 2.39. The molecule has 2 aromatic heterocycles. The highest BCUT2D eigenvalue weighted by atomic mass is 16.3. The highest BCUT2D eigenvalue weighted by molar-refractivity contribution is 6.19. The normalized spacial score (nSPS) is 13.3. The molecule has 12 rings (SSSR count). The third-order valence-electron chi connectivity index (χ3n) is 12.3. The van der Waals surface area contributed by atoms with Crippen molar-refractivity contribution in [1.29, 1.82) is 0 Å². The van der Waals surface area contributed by atoms with Crippen molar-refractivity contribution in [1.82, 2.24) is 4.57 Å². The molecular formula is C53H36N2O. The van der Waals surface area contributed by atoms with Crippen LogP contribution in [0.2, 0.25) is 0 Å². The molecule has 9 aromatic carbocycles. The summed E-state index contributed by atoms with van der Waals surface area (Å²) in [5.74, 6) is 0. The Morgan fingerprint density at radius 1 is 0.482 bits per heavy atom. The van der Waals surface area contributed by atoms with E-state index in [2.05, 4.69) is 205 Å². The van der Waals surface area contributed by atoms with Crippen molar-refractivity contribution in [2.45, 2.75) is 19.3 Å². The van der Waals surface area contributed by atoms with Crippen LogP contribution in [0.1, 0.15) is 25.0 Å². The Balaban J connectivity index is 1.19. The summed E-state index contributed by atoms with van der Waals surface area (Å²) >= 11 is 0. The molecule has 56 heavy (non-hydrogen) atoms. The molecule has 0 unspecified atom stereocenters. The van der Waals surface area contributed by atoms with Crippen molar-refractivity contribution in [2.24, 2.45) is 0 Å². The molecule has 1 aliphatic carbocycles. The first-order valence-electron chi connectivity index (χ1n) is 19.4. The van der Waals surface area contributed by atoms with E-state index in [9.17, 15) is 0 Å². The van der Waals surface area contributed by atoms with Crippen molar-refractivity contribution < 1.29 is 4.42 Å². The maximum Gasteiger partial charge on any atom is 0.145 e. The molecule has 0 N–H and O–H groups in total. The van der Waals surface area contributed by atoms with Crippen LogP contribution in [-0.4, -0.2) is 4.57 Å². The summed E-state index contributed by atoms with van der Waals surface area (Å²) in [4.78, 5) is 2.47. The summed E-state index contributed by atoms with van der Waals surface area (Å²) in [6.07, 6.45) is 0. The van der Waals surface area contributed by atoms with Crippen molar-refractivity contribution in [3.05, 3.63) is 193 Å². The van der Waals surface area contributed by atoms with Crippen molar-refractivity contribution in [3.63, 3.8) is 0 Å². The average molecular weight is 717 g/mol. The number of furan rings is 1. The van der Waals surface area contributed by atoms with Gasteiger partial charge in [0.15, 0.2) is 0 Å². The lowest BCUT2D eigenvalue weighted by Gasteiger charge is -2.29. The molecule has 1 aliphatic rings. The highest BCUT2D eigenvalue weighted by Crippen LogP contribution is 2.56. The molecule has 0 spiro atoms. The number of benzene rings is 9. The molecule has 264 valence electrons. The van der Waals surface area contributed by atoms with Crippen LogP contribution in [0.3, 0.4) is 0 Å². The second kappa shape index (κ2) is 11.5. The zero-order chi connectivity index (χ0) is 37.1. The Bertz CT molecular complexity index is 3410. The van der Waals surface area contributed by atoms with Gasteiger partial charge in [-0.1, -0.05) is 141 Å². The van der Waals surface area contributed by atoms with Crippen molar-refractivity contribution in [3.8, 4) is 16.8 Å². The van der Waals surface area contributed by atoms with Gasteiger partial charge in [-0.05, 0) is 87.4 Å². The summed E-state index contributed by atoms with van der Waals surface area (Å²) < 4.78 is 9.40. The third-order valence-corrected chi connectivity index (χ3v) is 12.3. The summed E-state index contributed by atoms with van der Waals surface area (Å²) in [5, 5.41) is 9.54. The van der Waals surface area contributed by atoms with E-state index >= 15 is 0 Å². The molecule has 3 nitrogen and oxygen atoms in total. The molecule has 0 aliphatic heterocycles. The summed E-state index contributed by atoms with van der Waals surface area (Å²) in [6.45, 7) is 4.70. The van der Waals surface area contributed by atoms with Gasteiger partial charge in [-0.25, -0.2) is 0 Å². The fourth-order valence-electron chi connectivity index (χ4n) is 9.71. The first-order chi connectivity index (χ1) is 27.5. The van der Waals surface area contributed by atoms with Crippen LogP contribution >= 0.6 is 0 Å². The van der Waals surface area contributed by atoms with Crippen molar-refractivity contribution >= 4 is 82.4 Å². The van der Waals surface area contributed by atoms with Gasteiger partial charge in [-0.15, -0.1) is 0 Å². The first kappa shape index (κ1) is 31.3. The molecule has 0 saturated heterocycles. The molecule has 0 bridgehead atoms. The molecule has 0 amide bonds. The van der Waals surface area contributed by atoms with Gasteiger partial charge in [0.05, 0.1) is 27.8 Å². The Morgan fingerprint density at radius 2 is 1.14 bits per heavy atom. The number of para-hydroxylation sites is 2. The molecule has 0 saturated carbocycles. The van der Waals surface area contributed by atoms with Gasteiger partial charge in [-0.3, -0.25) is 0 Å². The Morgan fingerprint density at radius 3 is 2.04 bits per heavy atom. The number of fused-ring (bicyclic) bond motifs is 12. The lowest BCUT2D eigenvalue weighted by molar-refractivity contribution is 0.653. The van der Waals surface area contributed by atoms with Crippen LogP contribution in [-0.2, 0) is 5.41 Å². The van der Waals surface area contributed by atoms with Gasteiger partial charge in [0.2, 0.25) is 0 Å². The third kappa shape index (κ3) is 4.28. The number of hydrogen-bond donors (Lipinski definition) is 0. The Hall–Kier alpha value is -7.10. The van der Waals surface area contributed by atoms with Crippen LogP contribution in [0, 0.1) is 0 Å². The standard InChI is InChI=1S/C53H36N2O/c1-53(2)43-22-10-7-20-40(43)50-44(53)32-48(51-41-21-9-12-25-49(41)56-52(50)51)54(36-27-26-33-14-3-4-16-35(33)30-36)37-28-29-47-42(31-37)39-19-8-11-23-46(39)55(47)45-24-13-17-34-15-5-6-18-38(34)45/h3-32H,1-2H3. The van der Waals surface area contributed by atoms with Crippen molar-refractivity contribution in [2.75, 3.05) is 4.90 Å². The predicted molar refractivity (Wildman–Crippen MR) is 235 cm³/mol. The lowest BCUT2D eigenvalue weighted by atomic mass is 9.82. The first-order valence-corrected chi connectivity index (χ1v) is 19.4. The number of aromatic nitrogens is 1. The minimum absolute atomic E-state index is 0.223. The smallest absolute Gasteiger partial charge is 0.145 e. The number of anilines is 3. The zero-order valence-electron chi connectivity index (χ0n) is 31.1. The zero-order valence-corrected chi connectivity index (χ0v) is 31.1. The molecule has 2 heterocycles. The second-order valence-corrected chi connectivity index (χ2v) is 15.7. The van der Waals surface area contributed by atoms with Gasteiger partial charge in [0, 0.05) is 43.9 Å². The SMILES string of the molecule is CC1(C)c2ccccc2-c2c1cc(N(c1ccc3ccccc3c1)c1ccc3c(c1)c1ccccc1n3-c1cccc3ccccc13)c1c2oc2ccccc21. The average Bonchev–Trinajstić information content (AvgIpc) is 3.86. The summed E-state index contributed by atoms with van der Waals surface area (Å²) in [6, 6.07) is 66.4. The van der Waals surface area contributed by atoms with Crippen LogP contribution < -0.4 is 4.90 Å². The fraction of sp³-hybridized carbons (Fsp3) is 0.0566. The van der Waals surface area contributed by atoms with Crippen LogP contribution in [0.25, 0.3) is 82.1 Å². The van der Waals surface area contributed by atoms with Gasteiger partial charge in [0.25, 0.3) is 0 Å². The van der Waals surface area contributed by atoms with E-state index in [1.54, 1.807) is 0 Å². The van der Waals surface area contributed by atoms with Gasteiger partial charge >= 0.3 is 0 Å². The topological polar surface area (TPSA) is 21.3 Å². The van der Waals surface area contributed by atoms with E-state index < -0.39 is 0 Å². The second-order valence-electron chi connectivity index (χ2n) is 15.7. The summed E-state index contributed by atoms with van der Waals surface area (Å²) in [5.41, 5.74) is 13.5. The van der Waals surface area contributed by atoms with Gasteiger partial charge in [-0.2, -0.15) is 0 Å². The molecule has 0 radical (unpaired) electrons. The molecule has 0 atom stereocenters. The monoisotopic (exact) mass is 716 g/mol. The van der Waals surface area contributed by atoms with E-state index in [1.165, 1.54) is 71.3 Å². The van der Waals surface area contributed by atoms with E-state index in [4.69, 9.17) is 4.42 Å². The van der Waals surface area contributed by atoms with Crippen LogP contribution in [0.15, 0.2) is 186 Å². The molecule has 3 heteroatoms. The van der Waals surface area contributed by atoms with Gasteiger partial charge in [0.1, 0.15) is 11.2 Å². The van der Waals surface area contributed by atoms with Crippen LogP contribution in [0.4, 0.5) is 17.1 Å². The maximum absolute atomic E-state index is 6.96. The van der Waals surface area contributed by atoms with Crippen LogP contribution in [0.5, 0.6) is 0 Å². The predicted octanol–water partition coefficient (Wildman–Crippen LogP) is 14.8. The van der Waals surface area contributed by atoms with E-state index in [-0.39, 0.29) is 5.41 Å². The molecular weight excluding hydrogens is 681 g/mol. The summed E-state index contributed by atoms with van der Waals surface area (Å²) in [7, 11) is 0. The van der Waals surface area contributed by atoms with E-state index in [1.807, 2.05) is 0 Å².